The van der Waals surface area contributed by atoms with Crippen molar-refractivity contribution in [3.63, 3.8) is 0 Å². The highest BCUT2D eigenvalue weighted by Crippen LogP contribution is 2.26. The topological polar surface area (TPSA) is 70.2 Å². The van der Waals surface area contributed by atoms with E-state index >= 15 is 0 Å². The third-order valence-electron chi connectivity index (χ3n) is 3.12. The Morgan fingerprint density at radius 3 is 2.88 bits per heavy atom. The molecule has 2 amide bonds. The van der Waals surface area contributed by atoms with Crippen LogP contribution in [0.4, 0.5) is 5.69 Å². The van der Waals surface area contributed by atoms with Gasteiger partial charge in [-0.3, -0.25) is 9.59 Å². The molecule has 1 fully saturated rings. The lowest BCUT2D eigenvalue weighted by Gasteiger charge is -2.24. The zero-order valence-corrected chi connectivity index (χ0v) is 9.25. The number of amides is 2. The first-order chi connectivity index (χ1) is 8.24. The molecule has 0 bridgehead atoms. The van der Waals surface area contributed by atoms with Gasteiger partial charge < -0.3 is 16.0 Å². The Labute approximate surface area is 98.6 Å². The first kappa shape index (κ1) is 10.3. The van der Waals surface area contributed by atoms with Crippen molar-refractivity contribution in [1.29, 1.82) is 0 Å². The molecule has 3 rings (SSSR count). The van der Waals surface area contributed by atoms with E-state index in [0.717, 1.165) is 23.4 Å². The number of carbonyl (C=O) groups is 2. The Morgan fingerprint density at radius 1 is 1.18 bits per heavy atom. The molecule has 5 heteroatoms. The molecule has 0 aromatic heterocycles. The lowest BCUT2D eigenvalue weighted by Crippen LogP contribution is -2.47. The fraction of sp³-hybridized carbons (Fsp3) is 0.333. The van der Waals surface area contributed by atoms with E-state index in [1.54, 1.807) is 0 Å². The molecule has 0 saturated carbocycles. The summed E-state index contributed by atoms with van der Waals surface area (Å²) in [5, 5.41) is 8.77. The van der Waals surface area contributed by atoms with Gasteiger partial charge in [0.05, 0.1) is 6.42 Å². The van der Waals surface area contributed by atoms with Crippen molar-refractivity contribution >= 4 is 17.5 Å². The molecule has 88 valence electrons. The van der Waals surface area contributed by atoms with Crippen molar-refractivity contribution in [3.05, 3.63) is 29.3 Å². The van der Waals surface area contributed by atoms with Crippen LogP contribution in [-0.4, -0.2) is 24.9 Å². The molecule has 0 aliphatic carbocycles. The molecular weight excluding hydrogens is 218 g/mol. The second-order valence-corrected chi connectivity index (χ2v) is 4.32. The first-order valence-corrected chi connectivity index (χ1v) is 5.68. The maximum absolute atomic E-state index is 11.7. The Balaban J connectivity index is 1.91. The number of piperazine rings is 1. The number of hydrogen-bond acceptors (Lipinski definition) is 3. The van der Waals surface area contributed by atoms with Gasteiger partial charge in [-0.1, -0.05) is 12.1 Å². The molecule has 0 spiro atoms. The van der Waals surface area contributed by atoms with Crippen molar-refractivity contribution in [2.75, 3.05) is 18.4 Å². The smallest absolute Gasteiger partial charge is 0.241 e. The fourth-order valence-corrected chi connectivity index (χ4v) is 2.29. The van der Waals surface area contributed by atoms with Crippen LogP contribution in [0.1, 0.15) is 17.2 Å². The minimum Gasteiger partial charge on any atom is -0.353 e. The minimum absolute atomic E-state index is 0.00603. The van der Waals surface area contributed by atoms with Gasteiger partial charge in [-0.15, -0.1) is 0 Å². The first-order valence-electron chi connectivity index (χ1n) is 5.68. The number of anilines is 1. The number of benzene rings is 1. The summed E-state index contributed by atoms with van der Waals surface area (Å²) in [4.78, 5) is 22.9. The standard InChI is InChI=1S/C12H13N3O2/c16-10-6-8-5-7(1-2-9(8)15-10)11-12(17)14-4-3-13-11/h1-2,5,11,13H,3-4,6H2,(H,14,17)(H,15,16). The highest BCUT2D eigenvalue weighted by atomic mass is 16.2. The maximum Gasteiger partial charge on any atom is 0.241 e. The average molecular weight is 231 g/mol. The van der Waals surface area contributed by atoms with E-state index in [9.17, 15) is 9.59 Å². The highest BCUT2D eigenvalue weighted by molar-refractivity contribution is 5.99. The van der Waals surface area contributed by atoms with Gasteiger partial charge in [-0.2, -0.15) is 0 Å². The highest BCUT2D eigenvalue weighted by Gasteiger charge is 2.25. The predicted octanol–water partition coefficient (Wildman–Crippen LogP) is -0.0583. The summed E-state index contributed by atoms with van der Waals surface area (Å²) in [6, 6.07) is 5.37. The third-order valence-corrected chi connectivity index (χ3v) is 3.12. The van der Waals surface area contributed by atoms with Gasteiger partial charge in [0.1, 0.15) is 6.04 Å². The molecule has 1 atom stereocenters. The predicted molar refractivity (Wildman–Crippen MR) is 62.5 cm³/mol. The largest absolute Gasteiger partial charge is 0.353 e. The van der Waals surface area contributed by atoms with Gasteiger partial charge in [0.15, 0.2) is 0 Å². The number of fused-ring (bicyclic) bond motifs is 1. The van der Waals surface area contributed by atoms with E-state index in [4.69, 9.17) is 0 Å². The SMILES string of the molecule is O=C1Cc2cc(C3NCCNC3=O)ccc2N1. The second-order valence-electron chi connectivity index (χ2n) is 4.32. The van der Waals surface area contributed by atoms with Crippen LogP contribution >= 0.6 is 0 Å². The molecule has 2 aliphatic heterocycles. The normalized spacial score (nSPS) is 22.9. The summed E-state index contributed by atoms with van der Waals surface area (Å²) in [7, 11) is 0. The lowest BCUT2D eigenvalue weighted by atomic mass is 10.0. The Kier molecular flexibility index (Phi) is 2.33. The van der Waals surface area contributed by atoms with Gasteiger partial charge in [0.2, 0.25) is 11.8 Å². The quantitative estimate of drug-likeness (QED) is 0.634. The van der Waals surface area contributed by atoms with E-state index in [1.165, 1.54) is 0 Å². The zero-order valence-electron chi connectivity index (χ0n) is 9.25. The van der Waals surface area contributed by atoms with Crippen LogP contribution in [-0.2, 0) is 16.0 Å². The maximum atomic E-state index is 11.7. The minimum atomic E-state index is -0.301. The van der Waals surface area contributed by atoms with Gasteiger partial charge >= 0.3 is 0 Å². The summed E-state index contributed by atoms with van der Waals surface area (Å²) < 4.78 is 0. The Bertz CT molecular complexity index is 499. The van der Waals surface area contributed by atoms with E-state index < -0.39 is 0 Å². The molecule has 2 aliphatic rings. The van der Waals surface area contributed by atoms with Gasteiger partial charge in [-0.05, 0) is 17.2 Å². The van der Waals surface area contributed by atoms with Crippen molar-refractivity contribution in [1.82, 2.24) is 10.6 Å². The van der Waals surface area contributed by atoms with Gasteiger partial charge in [-0.25, -0.2) is 0 Å². The molecule has 1 unspecified atom stereocenters. The average Bonchev–Trinajstić information content (AvgIpc) is 2.68. The summed E-state index contributed by atoms with van der Waals surface area (Å²) in [6.45, 7) is 1.44. The van der Waals surface area contributed by atoms with Crippen LogP contribution in [0.25, 0.3) is 0 Å². The van der Waals surface area contributed by atoms with E-state index in [0.29, 0.717) is 13.0 Å². The van der Waals surface area contributed by atoms with Gasteiger partial charge in [0, 0.05) is 18.8 Å². The van der Waals surface area contributed by atoms with E-state index in [2.05, 4.69) is 16.0 Å². The molecule has 17 heavy (non-hydrogen) atoms. The van der Waals surface area contributed by atoms with Crippen molar-refractivity contribution < 1.29 is 9.59 Å². The van der Waals surface area contributed by atoms with Crippen LogP contribution in [0, 0.1) is 0 Å². The van der Waals surface area contributed by atoms with Crippen LogP contribution in [0.3, 0.4) is 0 Å². The summed E-state index contributed by atoms with van der Waals surface area (Å²) in [5.74, 6) is 0.00619. The molecule has 1 saturated heterocycles. The number of nitrogens with one attached hydrogen (secondary N) is 3. The molecule has 1 aromatic rings. The molecule has 2 heterocycles. The van der Waals surface area contributed by atoms with Gasteiger partial charge in [0.25, 0.3) is 0 Å². The fourth-order valence-electron chi connectivity index (χ4n) is 2.29. The van der Waals surface area contributed by atoms with Crippen LogP contribution < -0.4 is 16.0 Å². The Morgan fingerprint density at radius 2 is 2.06 bits per heavy atom. The monoisotopic (exact) mass is 231 g/mol. The molecular formula is C12H13N3O2. The Hall–Kier alpha value is -1.88. The number of carbonyl (C=O) groups excluding carboxylic acids is 2. The summed E-state index contributed by atoms with van der Waals surface area (Å²) >= 11 is 0. The van der Waals surface area contributed by atoms with E-state index in [-0.39, 0.29) is 17.9 Å². The molecule has 3 N–H and O–H groups in total. The second kappa shape index (κ2) is 3.85. The van der Waals surface area contributed by atoms with Crippen LogP contribution in [0.2, 0.25) is 0 Å². The number of rotatable bonds is 1. The van der Waals surface area contributed by atoms with E-state index in [1.807, 2.05) is 18.2 Å². The van der Waals surface area contributed by atoms with Crippen molar-refractivity contribution in [2.45, 2.75) is 12.5 Å². The molecule has 1 aromatic carbocycles. The third kappa shape index (κ3) is 1.78. The summed E-state index contributed by atoms with van der Waals surface area (Å²) in [5.41, 5.74) is 2.74. The van der Waals surface area contributed by atoms with Crippen molar-refractivity contribution in [3.8, 4) is 0 Å². The molecule has 0 radical (unpaired) electrons. The summed E-state index contributed by atoms with van der Waals surface area (Å²) in [6.07, 6.45) is 0.400. The zero-order chi connectivity index (χ0) is 11.8. The molecule has 5 nitrogen and oxygen atoms in total. The van der Waals surface area contributed by atoms with Crippen molar-refractivity contribution in [2.24, 2.45) is 0 Å². The van der Waals surface area contributed by atoms with Crippen LogP contribution in [0.15, 0.2) is 18.2 Å². The number of hydrogen-bond donors (Lipinski definition) is 3. The lowest BCUT2D eigenvalue weighted by molar-refractivity contribution is -0.124. The van der Waals surface area contributed by atoms with Crippen LogP contribution in [0.5, 0.6) is 0 Å².